The number of nitrogens with two attached hydrogens (primary N) is 2. The number of hydrogen-bond donors (Lipinski definition) is 2. The molecule has 4 N–H and O–H groups in total. The molecule has 1 aromatic heterocycles. The third-order valence-electron chi connectivity index (χ3n) is 4.87. The first kappa shape index (κ1) is 22.5. The summed E-state index contributed by atoms with van der Waals surface area (Å²) in [5.41, 5.74) is 6.73. The van der Waals surface area contributed by atoms with Crippen LogP contribution in [0.4, 0.5) is 4.39 Å². The SMILES string of the molecule is Cc1ccc2c(c1)-c1cn(C)c(=O)cc1[C@H](C)N=C2c1ccc(F)cc1.NS(N)(=O)=O. The molecular weight excluding hydrogens is 419 g/mol. The summed E-state index contributed by atoms with van der Waals surface area (Å²) in [6.07, 6.45) is 1.88. The van der Waals surface area contributed by atoms with E-state index in [9.17, 15) is 17.6 Å². The van der Waals surface area contributed by atoms with Gasteiger partial charge in [-0.1, -0.05) is 23.8 Å². The molecule has 0 fully saturated rings. The summed E-state index contributed by atoms with van der Waals surface area (Å²) < 4.78 is 33.4. The van der Waals surface area contributed by atoms with Crippen LogP contribution in [0.3, 0.4) is 0 Å². The van der Waals surface area contributed by atoms with Crippen LogP contribution in [0.25, 0.3) is 11.1 Å². The van der Waals surface area contributed by atoms with E-state index in [1.807, 2.05) is 20.0 Å². The first-order valence-corrected chi connectivity index (χ1v) is 11.0. The van der Waals surface area contributed by atoms with Gasteiger partial charge >= 0.3 is 0 Å². The van der Waals surface area contributed by atoms with Crippen LogP contribution in [0.15, 0.2) is 64.5 Å². The zero-order chi connectivity index (χ0) is 22.9. The minimum atomic E-state index is -3.67. The molecule has 4 rings (SSSR count). The summed E-state index contributed by atoms with van der Waals surface area (Å²) in [6, 6.07) is 14.1. The number of pyridine rings is 1. The second kappa shape index (κ2) is 8.54. The monoisotopic (exact) mass is 442 g/mol. The molecule has 162 valence electrons. The van der Waals surface area contributed by atoms with Crippen molar-refractivity contribution >= 4 is 15.9 Å². The van der Waals surface area contributed by atoms with Crippen LogP contribution in [-0.2, 0) is 17.3 Å². The fraction of sp³-hybridized carbons (Fsp3) is 0.182. The van der Waals surface area contributed by atoms with Crippen molar-refractivity contribution < 1.29 is 12.8 Å². The van der Waals surface area contributed by atoms with Crippen LogP contribution < -0.4 is 15.8 Å². The smallest absolute Gasteiger partial charge is 0.271 e. The summed E-state index contributed by atoms with van der Waals surface area (Å²) in [7, 11) is -1.91. The van der Waals surface area contributed by atoms with Gasteiger partial charge in [0.15, 0.2) is 0 Å². The number of aromatic nitrogens is 1. The van der Waals surface area contributed by atoms with Crippen LogP contribution in [0.2, 0.25) is 0 Å². The lowest BCUT2D eigenvalue weighted by Crippen LogP contribution is -2.21. The molecule has 31 heavy (non-hydrogen) atoms. The van der Waals surface area contributed by atoms with E-state index in [0.29, 0.717) is 0 Å². The van der Waals surface area contributed by atoms with E-state index in [2.05, 4.69) is 28.5 Å². The molecule has 0 amide bonds. The molecule has 0 radical (unpaired) electrons. The molecular formula is C22H23FN4O3S. The van der Waals surface area contributed by atoms with Crippen molar-refractivity contribution in [2.75, 3.05) is 0 Å². The van der Waals surface area contributed by atoms with E-state index in [1.54, 1.807) is 29.8 Å². The highest BCUT2D eigenvalue weighted by atomic mass is 32.2. The fourth-order valence-electron chi connectivity index (χ4n) is 3.47. The van der Waals surface area contributed by atoms with E-state index in [4.69, 9.17) is 4.99 Å². The van der Waals surface area contributed by atoms with Crippen molar-refractivity contribution in [2.24, 2.45) is 22.3 Å². The minimum absolute atomic E-state index is 0.0507. The third-order valence-corrected chi connectivity index (χ3v) is 4.87. The topological polar surface area (TPSA) is 121 Å². The van der Waals surface area contributed by atoms with Gasteiger partial charge in [-0.25, -0.2) is 14.7 Å². The maximum absolute atomic E-state index is 13.4. The van der Waals surface area contributed by atoms with Crippen molar-refractivity contribution in [3.05, 3.63) is 93.2 Å². The normalized spacial score (nSPS) is 15.0. The number of aryl methyl sites for hydroxylation is 2. The highest BCUT2D eigenvalue weighted by Gasteiger charge is 2.23. The number of benzene rings is 2. The zero-order valence-electron chi connectivity index (χ0n) is 17.3. The lowest BCUT2D eigenvalue weighted by molar-refractivity contribution is 0.599. The summed E-state index contributed by atoms with van der Waals surface area (Å²) in [4.78, 5) is 17.1. The second-order valence-electron chi connectivity index (χ2n) is 7.39. The standard InChI is InChI=1S/C22H19FN2O.H4N2O2S/c1-13-4-9-17-19(10-13)20-12-25(3)21(26)11-18(20)14(2)24-22(17)15-5-7-16(23)8-6-15;1-5(2,3)4/h4-12,14H,1-3H3;(H4,1,2,3,4)/t14-;/m0./s1. The quantitative estimate of drug-likeness (QED) is 0.602. The summed E-state index contributed by atoms with van der Waals surface area (Å²) >= 11 is 0. The van der Waals surface area contributed by atoms with Crippen molar-refractivity contribution in [1.82, 2.24) is 4.57 Å². The molecule has 0 bridgehead atoms. The maximum Gasteiger partial charge on any atom is 0.271 e. The average molecular weight is 443 g/mol. The molecule has 2 heterocycles. The van der Waals surface area contributed by atoms with Crippen molar-refractivity contribution in [1.29, 1.82) is 0 Å². The molecule has 1 atom stereocenters. The van der Waals surface area contributed by atoms with Crippen molar-refractivity contribution in [3.63, 3.8) is 0 Å². The summed E-state index contributed by atoms with van der Waals surface area (Å²) in [6.45, 7) is 4.03. The van der Waals surface area contributed by atoms with Gasteiger partial charge in [0.2, 0.25) is 0 Å². The molecule has 9 heteroatoms. The van der Waals surface area contributed by atoms with Gasteiger partial charge in [0.25, 0.3) is 15.8 Å². The Bertz CT molecular complexity index is 1320. The Morgan fingerprint density at radius 2 is 1.61 bits per heavy atom. The van der Waals surface area contributed by atoms with Crippen LogP contribution >= 0.6 is 0 Å². The van der Waals surface area contributed by atoms with Crippen molar-refractivity contribution in [2.45, 2.75) is 19.9 Å². The predicted octanol–water partition coefficient (Wildman–Crippen LogP) is 2.56. The molecule has 0 saturated carbocycles. The molecule has 7 nitrogen and oxygen atoms in total. The number of hydrogen-bond acceptors (Lipinski definition) is 4. The molecule has 0 unspecified atom stereocenters. The molecule has 0 aliphatic carbocycles. The number of fused-ring (bicyclic) bond motifs is 3. The Balaban J connectivity index is 0.000000491. The Kier molecular flexibility index (Phi) is 6.21. The van der Waals surface area contributed by atoms with Crippen molar-refractivity contribution in [3.8, 4) is 11.1 Å². The fourth-order valence-corrected chi connectivity index (χ4v) is 3.47. The predicted molar refractivity (Wildman–Crippen MR) is 120 cm³/mol. The lowest BCUT2D eigenvalue weighted by atomic mass is 9.91. The van der Waals surface area contributed by atoms with E-state index in [-0.39, 0.29) is 17.4 Å². The maximum atomic E-state index is 13.4. The van der Waals surface area contributed by atoms with E-state index in [0.717, 1.165) is 39.1 Å². The lowest BCUT2D eigenvalue weighted by Gasteiger charge is -2.14. The van der Waals surface area contributed by atoms with Gasteiger partial charge in [0, 0.05) is 36.0 Å². The van der Waals surface area contributed by atoms with Gasteiger partial charge in [-0.15, -0.1) is 0 Å². The minimum Gasteiger partial charge on any atom is -0.318 e. The van der Waals surface area contributed by atoms with E-state index < -0.39 is 10.2 Å². The molecule has 2 aromatic carbocycles. The summed E-state index contributed by atoms with van der Waals surface area (Å²) in [5.74, 6) is -0.272. The highest BCUT2D eigenvalue weighted by molar-refractivity contribution is 7.86. The number of halogens is 1. The third kappa shape index (κ3) is 5.32. The Labute approximate surface area is 180 Å². The Morgan fingerprint density at radius 1 is 1.00 bits per heavy atom. The largest absolute Gasteiger partial charge is 0.318 e. The van der Waals surface area contributed by atoms with E-state index >= 15 is 0 Å². The van der Waals surface area contributed by atoms with Crippen LogP contribution in [0, 0.1) is 12.7 Å². The molecule has 1 aliphatic rings. The Morgan fingerprint density at radius 3 is 2.23 bits per heavy atom. The van der Waals surface area contributed by atoms with Gasteiger partial charge in [0.1, 0.15) is 5.82 Å². The summed E-state index contributed by atoms with van der Waals surface area (Å²) in [5, 5.41) is 8.21. The van der Waals surface area contributed by atoms with Gasteiger partial charge in [-0.3, -0.25) is 9.79 Å². The van der Waals surface area contributed by atoms with Crippen LogP contribution in [-0.4, -0.2) is 18.7 Å². The van der Waals surface area contributed by atoms with Gasteiger partial charge in [-0.2, -0.15) is 8.42 Å². The number of aliphatic imine (C=N–C) groups is 1. The molecule has 0 saturated heterocycles. The first-order chi connectivity index (χ1) is 14.4. The zero-order valence-corrected chi connectivity index (χ0v) is 18.2. The number of rotatable bonds is 1. The number of nitrogens with zero attached hydrogens (tertiary/aromatic N) is 2. The second-order valence-corrected chi connectivity index (χ2v) is 8.57. The highest BCUT2D eigenvalue weighted by Crippen LogP contribution is 2.37. The first-order valence-electron chi connectivity index (χ1n) is 9.40. The molecule has 0 spiro atoms. The van der Waals surface area contributed by atoms with Gasteiger partial charge in [0.05, 0.1) is 11.8 Å². The van der Waals surface area contributed by atoms with Crippen LogP contribution in [0.1, 0.15) is 35.2 Å². The average Bonchev–Trinajstić information content (AvgIpc) is 2.77. The molecule has 3 aromatic rings. The Hall–Kier alpha value is -3.14. The van der Waals surface area contributed by atoms with Crippen LogP contribution in [0.5, 0.6) is 0 Å². The van der Waals surface area contributed by atoms with Gasteiger partial charge in [-0.05, 0) is 49.2 Å². The molecule has 1 aliphatic heterocycles. The van der Waals surface area contributed by atoms with Gasteiger partial charge < -0.3 is 4.57 Å². The van der Waals surface area contributed by atoms with E-state index in [1.165, 1.54) is 12.1 Å².